The molecule has 3 heterocycles. The van der Waals surface area contributed by atoms with E-state index in [-0.39, 0.29) is 33.1 Å². The average Bonchev–Trinajstić information content (AvgIpc) is 3.30. The summed E-state index contributed by atoms with van der Waals surface area (Å²) in [4.78, 5) is 38.9. The molecule has 0 spiro atoms. The normalized spacial score (nSPS) is 15.5. The van der Waals surface area contributed by atoms with Crippen LogP contribution in [-0.4, -0.2) is 21.0 Å². The smallest absolute Gasteiger partial charge is 0.297 e. The Hall–Kier alpha value is -3.63. The van der Waals surface area contributed by atoms with Crippen LogP contribution in [0.2, 0.25) is 5.02 Å². The Morgan fingerprint density at radius 3 is 2.71 bits per heavy atom. The maximum atomic E-state index is 13.4. The first kappa shape index (κ1) is 19.3. The largest absolute Gasteiger partial charge is 0.450 e. The van der Waals surface area contributed by atoms with Crippen LogP contribution in [0, 0.1) is 17.0 Å². The highest BCUT2D eigenvalue weighted by Gasteiger charge is 2.45. The van der Waals surface area contributed by atoms with E-state index < -0.39 is 22.3 Å². The molecular formula is C20H11ClN4O5S. The van der Waals surface area contributed by atoms with Gasteiger partial charge in [-0.05, 0) is 30.7 Å². The van der Waals surface area contributed by atoms with Crippen molar-refractivity contribution in [1.29, 1.82) is 0 Å². The Bertz CT molecular complexity index is 1460. The van der Waals surface area contributed by atoms with Gasteiger partial charge < -0.3 is 4.42 Å². The molecule has 0 aliphatic carbocycles. The zero-order chi connectivity index (χ0) is 21.9. The van der Waals surface area contributed by atoms with Crippen molar-refractivity contribution in [3.63, 3.8) is 0 Å². The van der Waals surface area contributed by atoms with E-state index in [1.807, 2.05) is 0 Å². The van der Waals surface area contributed by atoms with Crippen LogP contribution in [0.1, 0.15) is 32.7 Å². The number of hydrogen-bond acceptors (Lipinski definition) is 8. The molecule has 1 amide bonds. The van der Waals surface area contributed by atoms with Crippen LogP contribution < -0.4 is 10.3 Å². The van der Waals surface area contributed by atoms with Gasteiger partial charge in [0.1, 0.15) is 10.6 Å². The first-order chi connectivity index (χ1) is 14.8. The van der Waals surface area contributed by atoms with E-state index in [2.05, 4.69) is 10.2 Å². The summed E-state index contributed by atoms with van der Waals surface area (Å²) in [6, 6.07) is 9.36. The topological polar surface area (TPSA) is 119 Å². The molecule has 154 valence electrons. The molecule has 0 N–H and O–H groups in total. The number of fused-ring (bicyclic) bond motifs is 2. The summed E-state index contributed by atoms with van der Waals surface area (Å²) in [6.07, 6.45) is 0. The number of nitro groups is 1. The standard InChI is InChI=1S/C20H11ClN4O5S/c1-9-22-23-20(31-9)24-16(10-3-2-4-12(7-10)25(28)29)15-17(26)13-8-11(21)5-6-14(13)30-18(15)19(24)27/h2-8,16H,1H3/t16-/m1/s1. The van der Waals surface area contributed by atoms with Gasteiger partial charge in [0, 0.05) is 17.2 Å². The lowest BCUT2D eigenvalue weighted by Crippen LogP contribution is -2.29. The lowest BCUT2D eigenvalue weighted by Gasteiger charge is -2.21. The molecule has 1 aliphatic heterocycles. The van der Waals surface area contributed by atoms with E-state index in [0.717, 1.165) is 0 Å². The van der Waals surface area contributed by atoms with Crippen LogP contribution in [0.4, 0.5) is 10.8 Å². The Morgan fingerprint density at radius 2 is 2.00 bits per heavy atom. The Balaban J connectivity index is 1.83. The van der Waals surface area contributed by atoms with Crippen molar-refractivity contribution in [1.82, 2.24) is 10.2 Å². The first-order valence-corrected chi connectivity index (χ1v) is 10.2. The van der Waals surface area contributed by atoms with Gasteiger partial charge in [-0.1, -0.05) is 35.1 Å². The van der Waals surface area contributed by atoms with Crippen molar-refractivity contribution >= 4 is 50.6 Å². The van der Waals surface area contributed by atoms with Crippen molar-refractivity contribution in [2.24, 2.45) is 0 Å². The molecule has 5 rings (SSSR count). The molecule has 0 unspecified atom stereocenters. The lowest BCUT2D eigenvalue weighted by atomic mass is 9.98. The minimum absolute atomic E-state index is 0.0770. The molecule has 0 saturated carbocycles. The van der Waals surface area contributed by atoms with Gasteiger partial charge in [0.05, 0.1) is 21.9 Å². The van der Waals surface area contributed by atoms with Crippen LogP contribution in [0.25, 0.3) is 11.0 Å². The second-order valence-electron chi connectivity index (χ2n) is 6.85. The molecular weight excluding hydrogens is 444 g/mol. The Morgan fingerprint density at radius 1 is 1.19 bits per heavy atom. The number of carbonyl (C=O) groups excluding carboxylic acids is 1. The summed E-state index contributed by atoms with van der Waals surface area (Å²) < 4.78 is 5.81. The SMILES string of the molecule is Cc1nnc(N2C(=O)c3oc4ccc(Cl)cc4c(=O)c3[C@H]2c2cccc([N+](=O)[O-])c2)s1. The van der Waals surface area contributed by atoms with Crippen molar-refractivity contribution < 1.29 is 14.1 Å². The number of nitrogens with zero attached hydrogens (tertiary/aromatic N) is 4. The predicted octanol–water partition coefficient (Wildman–Crippen LogP) is 4.26. The van der Waals surface area contributed by atoms with E-state index in [0.29, 0.717) is 15.6 Å². The highest BCUT2D eigenvalue weighted by atomic mass is 35.5. The number of hydrogen-bond donors (Lipinski definition) is 0. The number of nitro benzene ring substituents is 1. The zero-order valence-electron chi connectivity index (χ0n) is 15.7. The number of amides is 1. The third-order valence-corrected chi connectivity index (χ3v) is 6.02. The van der Waals surface area contributed by atoms with Gasteiger partial charge in [0.2, 0.25) is 10.9 Å². The molecule has 1 aliphatic rings. The number of carbonyl (C=O) groups is 1. The number of non-ortho nitro benzene ring substituents is 1. The third-order valence-electron chi connectivity index (χ3n) is 4.95. The van der Waals surface area contributed by atoms with Gasteiger partial charge >= 0.3 is 0 Å². The molecule has 0 bridgehead atoms. The van der Waals surface area contributed by atoms with Gasteiger partial charge in [-0.25, -0.2) is 0 Å². The summed E-state index contributed by atoms with van der Waals surface area (Å²) in [6.45, 7) is 1.73. The number of aryl methyl sites for hydroxylation is 1. The highest BCUT2D eigenvalue weighted by molar-refractivity contribution is 7.15. The van der Waals surface area contributed by atoms with E-state index in [4.69, 9.17) is 16.0 Å². The summed E-state index contributed by atoms with van der Waals surface area (Å²) in [5.74, 6) is -0.708. The van der Waals surface area contributed by atoms with Gasteiger partial charge in [-0.3, -0.25) is 24.6 Å². The Kier molecular flexibility index (Phi) is 4.34. The monoisotopic (exact) mass is 454 g/mol. The van der Waals surface area contributed by atoms with Crippen molar-refractivity contribution in [2.75, 3.05) is 4.90 Å². The lowest BCUT2D eigenvalue weighted by molar-refractivity contribution is -0.384. The highest BCUT2D eigenvalue weighted by Crippen LogP contribution is 2.42. The van der Waals surface area contributed by atoms with E-state index >= 15 is 0 Å². The Labute approximate surface area is 182 Å². The average molecular weight is 455 g/mol. The van der Waals surface area contributed by atoms with Crippen LogP contribution in [0.15, 0.2) is 51.7 Å². The number of aromatic nitrogens is 2. The zero-order valence-corrected chi connectivity index (χ0v) is 17.3. The van der Waals surface area contributed by atoms with Gasteiger partial charge in [0.15, 0.2) is 5.43 Å². The van der Waals surface area contributed by atoms with E-state index in [9.17, 15) is 19.7 Å². The minimum atomic E-state index is -0.964. The molecule has 0 fully saturated rings. The van der Waals surface area contributed by atoms with Crippen LogP contribution >= 0.6 is 22.9 Å². The minimum Gasteiger partial charge on any atom is -0.450 e. The molecule has 0 radical (unpaired) electrons. The fourth-order valence-electron chi connectivity index (χ4n) is 3.65. The fraction of sp³-hybridized carbons (Fsp3) is 0.100. The molecule has 11 heteroatoms. The quantitative estimate of drug-likeness (QED) is 0.335. The summed E-state index contributed by atoms with van der Waals surface area (Å²) in [5, 5.41) is 20.8. The summed E-state index contributed by atoms with van der Waals surface area (Å²) >= 11 is 7.22. The van der Waals surface area contributed by atoms with Crippen molar-refractivity contribution in [2.45, 2.75) is 13.0 Å². The predicted molar refractivity (Wildman–Crippen MR) is 114 cm³/mol. The summed E-state index contributed by atoms with van der Waals surface area (Å²) in [7, 11) is 0. The molecule has 31 heavy (non-hydrogen) atoms. The first-order valence-electron chi connectivity index (χ1n) is 8.99. The molecule has 0 saturated heterocycles. The number of halogens is 1. The van der Waals surface area contributed by atoms with Crippen LogP contribution in [0.5, 0.6) is 0 Å². The van der Waals surface area contributed by atoms with Gasteiger partial charge in [-0.2, -0.15) is 0 Å². The third kappa shape index (κ3) is 2.99. The van der Waals surface area contributed by atoms with Crippen LogP contribution in [0.3, 0.4) is 0 Å². The maximum absolute atomic E-state index is 13.4. The summed E-state index contributed by atoms with van der Waals surface area (Å²) in [5.41, 5.74) is 0.0675. The van der Waals surface area contributed by atoms with Crippen molar-refractivity contribution in [3.8, 4) is 0 Å². The van der Waals surface area contributed by atoms with E-state index in [1.54, 1.807) is 19.1 Å². The van der Waals surface area contributed by atoms with Gasteiger partial charge in [0.25, 0.3) is 11.6 Å². The number of benzene rings is 2. The maximum Gasteiger partial charge on any atom is 0.297 e. The molecule has 2 aromatic heterocycles. The van der Waals surface area contributed by atoms with Gasteiger partial charge in [-0.15, -0.1) is 10.2 Å². The van der Waals surface area contributed by atoms with Crippen molar-refractivity contribution in [3.05, 3.63) is 89.7 Å². The fourth-order valence-corrected chi connectivity index (χ4v) is 4.54. The number of rotatable bonds is 3. The van der Waals surface area contributed by atoms with Crippen LogP contribution in [-0.2, 0) is 0 Å². The second-order valence-corrected chi connectivity index (χ2v) is 8.44. The molecule has 4 aromatic rings. The molecule has 1 atom stereocenters. The van der Waals surface area contributed by atoms with E-state index in [1.165, 1.54) is 46.6 Å². The number of anilines is 1. The molecule has 2 aromatic carbocycles. The second kappa shape index (κ2) is 6.96. The molecule has 9 nitrogen and oxygen atoms in total.